The molecule has 0 aromatic rings. The van der Waals surface area contributed by atoms with Gasteiger partial charge in [-0.25, -0.2) is 0 Å². The predicted molar refractivity (Wildman–Crippen MR) is 127 cm³/mol. The van der Waals surface area contributed by atoms with Crippen molar-refractivity contribution in [1.29, 1.82) is 0 Å². The molecule has 3 nitrogen and oxygen atoms in total. The summed E-state index contributed by atoms with van der Waals surface area (Å²) in [6.07, 6.45) is 5.71. The van der Waals surface area contributed by atoms with Gasteiger partial charge in [0.1, 0.15) is 0 Å². The second-order valence-corrected chi connectivity index (χ2v) is 13.3. The fourth-order valence-corrected chi connectivity index (χ4v) is 9.34. The van der Waals surface area contributed by atoms with E-state index in [1.807, 2.05) is 0 Å². The number of fused-ring (bicyclic) bond motifs is 5. The molecule has 4 rings (SSSR count). The molecule has 0 aromatic heterocycles. The summed E-state index contributed by atoms with van der Waals surface area (Å²) in [4.78, 5) is 0. The normalized spacial score (nSPS) is 47.3. The average Bonchev–Trinajstić information content (AvgIpc) is 3.11. The Labute approximate surface area is 204 Å². The Hall–Kier alpha value is -0.330. The minimum Gasteiger partial charge on any atom is -0.390 e. The van der Waals surface area contributed by atoms with Crippen LogP contribution in [0.3, 0.4) is 0 Å². The number of methoxy groups -OCH3 is 1. The van der Waals surface area contributed by atoms with E-state index in [-0.39, 0.29) is 30.3 Å². The highest BCUT2D eigenvalue weighted by Gasteiger charge is 2.62. The molecule has 2 N–H and O–H groups in total. The number of aliphatic hydroxyl groups is 2. The van der Waals surface area contributed by atoms with Gasteiger partial charge in [0.15, 0.2) is 5.60 Å². The van der Waals surface area contributed by atoms with E-state index in [0.717, 1.165) is 51.9 Å². The summed E-state index contributed by atoms with van der Waals surface area (Å²) >= 11 is 0. The predicted octanol–water partition coefficient (Wildman–Crippen LogP) is 6.89. The molecule has 0 heterocycles. The van der Waals surface area contributed by atoms with Crippen molar-refractivity contribution in [2.75, 3.05) is 7.11 Å². The van der Waals surface area contributed by atoms with Gasteiger partial charge in [-0.2, -0.15) is 13.2 Å². The summed E-state index contributed by atoms with van der Waals surface area (Å²) in [6, 6.07) is 0. The van der Waals surface area contributed by atoms with Crippen molar-refractivity contribution < 1.29 is 28.1 Å². The lowest BCUT2D eigenvalue weighted by atomic mass is 9.43. The monoisotopic (exact) mass is 488 g/mol. The zero-order valence-corrected chi connectivity index (χ0v) is 21.9. The summed E-state index contributed by atoms with van der Waals surface area (Å²) in [7, 11) is 1.62. The molecule has 0 bridgehead atoms. The molecule has 4 aliphatic rings. The fraction of sp³-hybridized carbons (Fsp3) is 1.00. The van der Waals surface area contributed by atoms with Crippen LogP contribution in [0, 0.1) is 40.4 Å². The smallest absolute Gasteiger partial charge is 0.390 e. The second kappa shape index (κ2) is 8.90. The quantitative estimate of drug-likeness (QED) is 0.428. The van der Waals surface area contributed by atoms with Crippen molar-refractivity contribution in [3.63, 3.8) is 0 Å². The topological polar surface area (TPSA) is 49.7 Å². The van der Waals surface area contributed by atoms with Gasteiger partial charge in [-0.05, 0) is 124 Å². The van der Waals surface area contributed by atoms with Crippen LogP contribution >= 0.6 is 0 Å². The van der Waals surface area contributed by atoms with Crippen LogP contribution < -0.4 is 0 Å². The van der Waals surface area contributed by atoms with Crippen LogP contribution in [-0.2, 0) is 4.74 Å². The van der Waals surface area contributed by atoms with Crippen molar-refractivity contribution in [2.24, 2.45) is 40.4 Å². The molecule has 0 amide bonds. The number of hydrogen-bond acceptors (Lipinski definition) is 3. The van der Waals surface area contributed by atoms with Gasteiger partial charge in [0.2, 0.25) is 0 Å². The maximum atomic E-state index is 13.2. The average molecular weight is 489 g/mol. The molecule has 10 atom stereocenters. The lowest BCUT2D eigenvalue weighted by molar-refractivity contribution is -0.257. The Morgan fingerprint density at radius 2 is 1.65 bits per heavy atom. The zero-order valence-electron chi connectivity index (χ0n) is 21.9. The summed E-state index contributed by atoms with van der Waals surface area (Å²) in [5.41, 5.74) is -2.76. The molecule has 4 aliphatic carbocycles. The van der Waals surface area contributed by atoms with E-state index in [2.05, 4.69) is 20.8 Å². The number of rotatable bonds is 6. The van der Waals surface area contributed by atoms with E-state index in [9.17, 15) is 23.4 Å². The molecule has 0 spiro atoms. The summed E-state index contributed by atoms with van der Waals surface area (Å²) < 4.78 is 45.5. The highest BCUT2D eigenvalue weighted by Crippen LogP contribution is 2.68. The van der Waals surface area contributed by atoms with Crippen LogP contribution in [0.1, 0.15) is 105 Å². The number of alkyl halides is 3. The molecule has 0 radical (unpaired) electrons. The molecule has 0 saturated heterocycles. The van der Waals surface area contributed by atoms with E-state index in [1.54, 1.807) is 7.11 Å². The van der Waals surface area contributed by atoms with Crippen molar-refractivity contribution in [3.05, 3.63) is 0 Å². The summed E-state index contributed by atoms with van der Waals surface area (Å²) in [5, 5.41) is 21.0. The fourth-order valence-electron chi connectivity index (χ4n) is 9.34. The number of hydrogen-bond donors (Lipinski definition) is 2. The molecule has 4 saturated carbocycles. The van der Waals surface area contributed by atoms with Gasteiger partial charge in [-0.15, -0.1) is 0 Å². The first-order valence-corrected chi connectivity index (χ1v) is 13.7. The maximum absolute atomic E-state index is 13.2. The van der Waals surface area contributed by atoms with Crippen LogP contribution in [0.15, 0.2) is 0 Å². The molecular formula is C28H47F3O3. The highest BCUT2D eigenvalue weighted by atomic mass is 19.4. The van der Waals surface area contributed by atoms with Crippen LogP contribution in [0.25, 0.3) is 0 Å². The Bertz CT molecular complexity index is 739. The summed E-state index contributed by atoms with van der Waals surface area (Å²) in [6.45, 7) is 7.87. The number of halogens is 3. The minimum absolute atomic E-state index is 0.0912. The van der Waals surface area contributed by atoms with Gasteiger partial charge in [0.25, 0.3) is 0 Å². The third kappa shape index (κ3) is 4.26. The van der Waals surface area contributed by atoms with Crippen molar-refractivity contribution in [2.45, 2.75) is 128 Å². The molecular weight excluding hydrogens is 441 g/mol. The van der Waals surface area contributed by atoms with Gasteiger partial charge in [-0.1, -0.05) is 20.8 Å². The van der Waals surface area contributed by atoms with Gasteiger partial charge >= 0.3 is 6.18 Å². The van der Waals surface area contributed by atoms with Gasteiger partial charge in [0.05, 0.1) is 11.7 Å². The van der Waals surface area contributed by atoms with E-state index >= 15 is 0 Å². The largest absolute Gasteiger partial charge is 0.416 e. The van der Waals surface area contributed by atoms with E-state index in [1.165, 1.54) is 19.3 Å². The molecule has 198 valence electrons. The first-order valence-electron chi connectivity index (χ1n) is 13.7. The molecule has 0 aromatic carbocycles. The Kier molecular flexibility index (Phi) is 7.00. The Morgan fingerprint density at radius 1 is 0.971 bits per heavy atom. The first kappa shape index (κ1) is 26.7. The molecule has 4 fully saturated rings. The SMILES string of the molecule is CC[C@]1(O)CC[C@@]2(C)[C@@H](CC[C@@H]3[C@@H]2CC[C@]2(C)[C@@H]([C@@H](CC[C@](C)(O)C(F)(F)F)OC)CC[C@@H]32)C1. The maximum Gasteiger partial charge on any atom is 0.416 e. The van der Waals surface area contributed by atoms with Gasteiger partial charge < -0.3 is 14.9 Å². The third-order valence-electron chi connectivity index (χ3n) is 11.8. The van der Waals surface area contributed by atoms with Crippen LogP contribution in [0.2, 0.25) is 0 Å². The van der Waals surface area contributed by atoms with E-state index in [4.69, 9.17) is 4.74 Å². The van der Waals surface area contributed by atoms with Crippen LogP contribution in [0.4, 0.5) is 13.2 Å². The Morgan fingerprint density at radius 3 is 2.26 bits per heavy atom. The van der Waals surface area contributed by atoms with E-state index in [0.29, 0.717) is 29.1 Å². The van der Waals surface area contributed by atoms with Crippen molar-refractivity contribution >= 4 is 0 Å². The molecule has 0 aliphatic heterocycles. The number of ether oxygens (including phenoxy) is 1. The third-order valence-corrected chi connectivity index (χ3v) is 11.8. The Balaban J connectivity index is 1.48. The van der Waals surface area contributed by atoms with Crippen molar-refractivity contribution in [1.82, 2.24) is 0 Å². The standard InChI is InChI=1S/C28H47F3O3/c1-6-27(33)16-15-24(2)18(17-27)7-8-19-20-9-10-22(25(20,3)13-11-21(19)24)23(34-5)12-14-26(4,32)28(29,30)31/h18-23,32-33H,6-17H2,1-5H3/t18-,19-,20-,21-,22+,23+,24-,25-,26-,27-/m0/s1. The van der Waals surface area contributed by atoms with Crippen LogP contribution in [0.5, 0.6) is 0 Å². The zero-order chi connectivity index (χ0) is 25.2. The minimum atomic E-state index is -4.62. The lowest BCUT2D eigenvalue weighted by Crippen LogP contribution is -2.56. The van der Waals surface area contributed by atoms with E-state index < -0.39 is 17.4 Å². The first-order chi connectivity index (χ1) is 15.7. The molecule has 34 heavy (non-hydrogen) atoms. The van der Waals surface area contributed by atoms with Gasteiger partial charge in [0, 0.05) is 7.11 Å². The molecule has 0 unspecified atom stereocenters. The highest BCUT2D eigenvalue weighted by molar-refractivity contribution is 5.11. The van der Waals surface area contributed by atoms with Crippen molar-refractivity contribution in [3.8, 4) is 0 Å². The van der Waals surface area contributed by atoms with Gasteiger partial charge in [-0.3, -0.25) is 0 Å². The summed E-state index contributed by atoms with van der Waals surface area (Å²) in [5.74, 6) is 2.81. The second-order valence-electron chi connectivity index (χ2n) is 13.3. The molecule has 6 heteroatoms. The van der Waals surface area contributed by atoms with Crippen LogP contribution in [-0.4, -0.2) is 40.8 Å². The lowest BCUT2D eigenvalue weighted by Gasteiger charge is -2.62.